The largest absolute Gasteiger partial charge is 0.346 e. The van der Waals surface area contributed by atoms with Crippen LogP contribution in [-0.4, -0.2) is 43.5 Å². The summed E-state index contributed by atoms with van der Waals surface area (Å²) in [5.41, 5.74) is 0. The number of carbonyl (C=O) groups excluding carboxylic acids is 1. The molecule has 0 bridgehead atoms. The van der Waals surface area contributed by atoms with E-state index in [0.29, 0.717) is 6.42 Å². The molecule has 0 N–H and O–H groups in total. The number of imidazole rings is 2. The zero-order valence-corrected chi connectivity index (χ0v) is 13.9. The van der Waals surface area contributed by atoms with Crippen LogP contribution in [0.1, 0.15) is 37.5 Å². The van der Waals surface area contributed by atoms with Crippen LogP contribution in [-0.2, 0) is 18.3 Å². The van der Waals surface area contributed by atoms with Crippen molar-refractivity contribution in [1.82, 2.24) is 24.0 Å². The third-order valence-corrected chi connectivity index (χ3v) is 4.05. The van der Waals surface area contributed by atoms with Gasteiger partial charge >= 0.3 is 0 Å². The second kappa shape index (κ2) is 7.24. The first-order valence-electron chi connectivity index (χ1n) is 7.68. The molecule has 120 valence electrons. The summed E-state index contributed by atoms with van der Waals surface area (Å²) in [6.45, 7) is 4.76. The van der Waals surface area contributed by atoms with Crippen molar-refractivity contribution in [1.29, 1.82) is 0 Å². The summed E-state index contributed by atoms with van der Waals surface area (Å²) in [6.07, 6.45) is 9.75. The first-order valence-corrected chi connectivity index (χ1v) is 7.68. The van der Waals surface area contributed by atoms with Crippen LogP contribution in [0.4, 0.5) is 0 Å². The molecule has 2 heterocycles. The van der Waals surface area contributed by atoms with Gasteiger partial charge in [0.05, 0.1) is 0 Å². The Balaban J connectivity index is 1.77. The SMILES string of the molecule is Cc1nccn1C(C)CC(=O)N(C)CCCc1nccn1C. The van der Waals surface area contributed by atoms with Crippen molar-refractivity contribution in [3.05, 3.63) is 36.4 Å². The summed E-state index contributed by atoms with van der Waals surface area (Å²) >= 11 is 0. The minimum Gasteiger partial charge on any atom is -0.346 e. The van der Waals surface area contributed by atoms with Gasteiger partial charge in [-0.3, -0.25) is 4.79 Å². The summed E-state index contributed by atoms with van der Waals surface area (Å²) in [5, 5.41) is 0. The maximum Gasteiger partial charge on any atom is 0.224 e. The van der Waals surface area contributed by atoms with Gasteiger partial charge in [0.1, 0.15) is 11.6 Å². The zero-order valence-electron chi connectivity index (χ0n) is 13.9. The topological polar surface area (TPSA) is 56.0 Å². The highest BCUT2D eigenvalue weighted by Gasteiger charge is 2.15. The molecule has 0 saturated heterocycles. The number of aromatic nitrogens is 4. The maximum absolute atomic E-state index is 12.3. The standard InChI is InChI=1S/C16H25N5O/c1-13(21-11-8-17-14(21)2)12-16(22)20(4)9-5-6-15-18-7-10-19(15)3/h7-8,10-11,13H,5-6,9,12H2,1-4H3. The molecule has 6 nitrogen and oxygen atoms in total. The first-order chi connectivity index (χ1) is 10.5. The molecule has 1 atom stereocenters. The summed E-state index contributed by atoms with van der Waals surface area (Å²) in [7, 11) is 3.86. The molecule has 0 saturated carbocycles. The van der Waals surface area contributed by atoms with Crippen LogP contribution < -0.4 is 0 Å². The fourth-order valence-electron chi connectivity index (χ4n) is 2.60. The summed E-state index contributed by atoms with van der Waals surface area (Å²) < 4.78 is 4.06. The molecule has 0 fully saturated rings. The Morgan fingerprint density at radius 1 is 1.32 bits per heavy atom. The molecule has 22 heavy (non-hydrogen) atoms. The molecule has 0 radical (unpaired) electrons. The highest BCUT2D eigenvalue weighted by Crippen LogP contribution is 2.14. The Hall–Kier alpha value is -2.11. The van der Waals surface area contributed by atoms with Crippen molar-refractivity contribution in [3.63, 3.8) is 0 Å². The maximum atomic E-state index is 12.3. The molecule has 2 aromatic heterocycles. The number of rotatable bonds is 7. The van der Waals surface area contributed by atoms with Gasteiger partial charge in [-0.05, 0) is 20.3 Å². The molecule has 0 aliphatic rings. The van der Waals surface area contributed by atoms with Gasteiger partial charge in [-0.25, -0.2) is 9.97 Å². The van der Waals surface area contributed by atoms with E-state index < -0.39 is 0 Å². The van der Waals surface area contributed by atoms with Gasteiger partial charge in [0.15, 0.2) is 0 Å². The quantitative estimate of drug-likeness (QED) is 0.786. The minimum absolute atomic E-state index is 0.131. The van der Waals surface area contributed by atoms with Gasteiger partial charge in [-0.1, -0.05) is 0 Å². The van der Waals surface area contributed by atoms with Crippen molar-refractivity contribution in [2.24, 2.45) is 7.05 Å². The van der Waals surface area contributed by atoms with Crippen LogP contribution in [0.15, 0.2) is 24.8 Å². The predicted molar refractivity (Wildman–Crippen MR) is 85.5 cm³/mol. The van der Waals surface area contributed by atoms with E-state index in [1.54, 1.807) is 12.4 Å². The highest BCUT2D eigenvalue weighted by molar-refractivity contribution is 5.76. The Morgan fingerprint density at radius 2 is 2.05 bits per heavy atom. The van der Waals surface area contributed by atoms with Crippen molar-refractivity contribution in [3.8, 4) is 0 Å². The monoisotopic (exact) mass is 303 g/mol. The van der Waals surface area contributed by atoms with E-state index in [0.717, 1.165) is 31.0 Å². The summed E-state index contributed by atoms with van der Waals surface area (Å²) in [5.74, 6) is 2.17. The molecular formula is C16H25N5O. The van der Waals surface area contributed by atoms with Crippen molar-refractivity contribution < 1.29 is 4.79 Å². The molecule has 2 rings (SSSR count). The minimum atomic E-state index is 0.131. The number of amides is 1. The number of carbonyl (C=O) groups is 1. The lowest BCUT2D eigenvalue weighted by molar-refractivity contribution is -0.130. The Morgan fingerprint density at radius 3 is 2.64 bits per heavy atom. The van der Waals surface area contributed by atoms with E-state index >= 15 is 0 Å². The van der Waals surface area contributed by atoms with E-state index in [4.69, 9.17) is 0 Å². The summed E-state index contributed by atoms with van der Waals surface area (Å²) in [4.78, 5) is 22.6. The third kappa shape index (κ3) is 3.96. The van der Waals surface area contributed by atoms with Crippen molar-refractivity contribution in [2.75, 3.05) is 13.6 Å². The van der Waals surface area contributed by atoms with E-state index in [9.17, 15) is 4.79 Å². The molecular weight excluding hydrogens is 278 g/mol. The fourth-order valence-corrected chi connectivity index (χ4v) is 2.60. The van der Waals surface area contributed by atoms with Gasteiger partial charge in [0.25, 0.3) is 0 Å². The molecule has 0 aliphatic carbocycles. The highest BCUT2D eigenvalue weighted by atomic mass is 16.2. The van der Waals surface area contributed by atoms with Crippen LogP contribution in [0, 0.1) is 6.92 Å². The smallest absolute Gasteiger partial charge is 0.224 e. The lowest BCUT2D eigenvalue weighted by Gasteiger charge is -2.21. The number of nitrogens with zero attached hydrogens (tertiary/aromatic N) is 5. The lowest BCUT2D eigenvalue weighted by Crippen LogP contribution is -2.30. The van der Waals surface area contributed by atoms with Crippen LogP contribution in [0.5, 0.6) is 0 Å². The second-order valence-corrected chi connectivity index (χ2v) is 5.81. The van der Waals surface area contributed by atoms with Gasteiger partial charge in [-0.2, -0.15) is 0 Å². The lowest BCUT2D eigenvalue weighted by atomic mass is 10.2. The van der Waals surface area contributed by atoms with E-state index in [2.05, 4.69) is 9.97 Å². The van der Waals surface area contributed by atoms with E-state index in [-0.39, 0.29) is 11.9 Å². The molecule has 0 aromatic carbocycles. The van der Waals surface area contributed by atoms with Gasteiger partial charge in [0.2, 0.25) is 5.91 Å². The molecule has 1 amide bonds. The normalized spacial score (nSPS) is 12.4. The van der Waals surface area contributed by atoms with Crippen LogP contribution >= 0.6 is 0 Å². The van der Waals surface area contributed by atoms with Crippen LogP contribution in [0.25, 0.3) is 0 Å². The van der Waals surface area contributed by atoms with Gasteiger partial charge < -0.3 is 14.0 Å². The Kier molecular flexibility index (Phi) is 5.35. The molecule has 6 heteroatoms. The average Bonchev–Trinajstić information content (AvgIpc) is 3.07. The zero-order chi connectivity index (χ0) is 16.1. The Bertz CT molecular complexity index is 616. The Labute approximate surface area is 131 Å². The molecule has 1 unspecified atom stereocenters. The average molecular weight is 303 g/mol. The number of aryl methyl sites for hydroxylation is 3. The summed E-state index contributed by atoms with van der Waals surface area (Å²) in [6, 6.07) is 0.131. The second-order valence-electron chi connectivity index (χ2n) is 5.81. The number of hydrogen-bond donors (Lipinski definition) is 0. The molecule has 0 aliphatic heterocycles. The fraction of sp³-hybridized carbons (Fsp3) is 0.562. The van der Waals surface area contributed by atoms with Crippen molar-refractivity contribution in [2.45, 2.75) is 39.2 Å². The van der Waals surface area contributed by atoms with Crippen LogP contribution in [0.2, 0.25) is 0 Å². The molecule has 0 spiro atoms. The first kappa shape index (κ1) is 16.3. The number of hydrogen-bond acceptors (Lipinski definition) is 3. The van der Waals surface area contributed by atoms with E-state index in [1.807, 2.05) is 54.4 Å². The van der Waals surface area contributed by atoms with Gasteiger partial charge in [-0.15, -0.1) is 0 Å². The third-order valence-electron chi connectivity index (χ3n) is 4.05. The van der Waals surface area contributed by atoms with E-state index in [1.165, 1.54) is 0 Å². The predicted octanol–water partition coefficient (Wildman–Crippen LogP) is 1.97. The van der Waals surface area contributed by atoms with Gasteiger partial charge in [0, 0.05) is 64.3 Å². The van der Waals surface area contributed by atoms with Crippen molar-refractivity contribution >= 4 is 5.91 Å². The van der Waals surface area contributed by atoms with Crippen LogP contribution in [0.3, 0.4) is 0 Å². The molecule has 2 aromatic rings.